The zero-order valence-electron chi connectivity index (χ0n) is 42.2. The SMILES string of the molecule is CCC(C)(C)C(=O)OCC(=O)OC1(C2CCC(C)CC2)C2CC3CC1CC(C)(C3)C2.CCC(C)(C)C(=O)OCCCCC(=O)OC1(C2CC3CC2CC3C)C2CC3CC1CC(C)(C3)C2. The van der Waals surface area contributed by atoms with E-state index in [2.05, 4.69) is 27.7 Å². The van der Waals surface area contributed by atoms with Gasteiger partial charge < -0.3 is 18.9 Å². The fraction of sp³-hybridized carbons (Fsp3) is 0.929. The van der Waals surface area contributed by atoms with Crippen LogP contribution in [-0.4, -0.2) is 48.3 Å². The monoisotopic (exact) mass is 891 g/mol. The Bertz CT molecular complexity index is 1690. The Labute approximate surface area is 388 Å². The Morgan fingerprint density at radius 1 is 0.547 bits per heavy atom. The summed E-state index contributed by atoms with van der Waals surface area (Å²) in [6, 6.07) is 0. The van der Waals surface area contributed by atoms with Crippen LogP contribution in [0.2, 0.25) is 0 Å². The van der Waals surface area contributed by atoms with Crippen LogP contribution >= 0.6 is 0 Å². The largest absolute Gasteiger partial charge is 0.465 e. The van der Waals surface area contributed by atoms with E-state index in [1.807, 2.05) is 41.5 Å². The lowest BCUT2D eigenvalue weighted by atomic mass is 9.42. The third kappa shape index (κ3) is 9.12. The Balaban J connectivity index is 0.000000176. The first-order valence-corrected chi connectivity index (χ1v) is 26.9. The topological polar surface area (TPSA) is 105 Å². The van der Waals surface area contributed by atoms with E-state index in [1.54, 1.807) is 0 Å². The van der Waals surface area contributed by atoms with Crippen molar-refractivity contribution in [2.75, 3.05) is 13.2 Å². The highest BCUT2D eigenvalue weighted by Gasteiger charge is 2.69. The minimum Gasteiger partial charge on any atom is -0.465 e. The second-order valence-electron chi connectivity index (χ2n) is 26.4. The number of unbranched alkanes of at least 4 members (excludes halogenated alkanes) is 1. The van der Waals surface area contributed by atoms with Gasteiger partial charge in [-0.05, 0) is 202 Å². The Morgan fingerprint density at radius 3 is 1.52 bits per heavy atom. The van der Waals surface area contributed by atoms with Gasteiger partial charge in [-0.2, -0.15) is 0 Å². The Morgan fingerprint density at radius 2 is 1.05 bits per heavy atom. The number of carbonyl (C=O) groups is 4. The van der Waals surface area contributed by atoms with Crippen molar-refractivity contribution in [3.63, 3.8) is 0 Å². The number of esters is 4. The van der Waals surface area contributed by atoms with Crippen molar-refractivity contribution >= 4 is 23.9 Å². The summed E-state index contributed by atoms with van der Waals surface area (Å²) >= 11 is 0. The molecular weight excluding hydrogens is 801 g/mol. The van der Waals surface area contributed by atoms with Crippen molar-refractivity contribution in [2.45, 2.75) is 222 Å². The maximum Gasteiger partial charge on any atom is 0.344 e. The van der Waals surface area contributed by atoms with E-state index >= 15 is 0 Å². The van der Waals surface area contributed by atoms with E-state index in [1.165, 1.54) is 109 Å². The predicted octanol–water partition coefficient (Wildman–Crippen LogP) is 12.9. The van der Waals surface area contributed by atoms with Crippen LogP contribution in [-0.2, 0) is 38.1 Å². The number of rotatable bonds is 15. The van der Waals surface area contributed by atoms with Gasteiger partial charge in [-0.1, -0.05) is 54.4 Å². The van der Waals surface area contributed by atoms with Crippen LogP contribution < -0.4 is 0 Å². The summed E-state index contributed by atoms with van der Waals surface area (Å²) in [6.45, 7) is 21.5. The number of hydrogen-bond donors (Lipinski definition) is 0. The van der Waals surface area contributed by atoms with Crippen LogP contribution in [0.25, 0.3) is 0 Å². The number of ether oxygens (including phenoxy) is 4. The summed E-state index contributed by atoms with van der Waals surface area (Å²) in [4.78, 5) is 50.9. The van der Waals surface area contributed by atoms with E-state index in [4.69, 9.17) is 18.9 Å². The van der Waals surface area contributed by atoms with Crippen molar-refractivity contribution in [3.8, 4) is 0 Å². The smallest absolute Gasteiger partial charge is 0.344 e. The number of carbonyl (C=O) groups excluding carboxylic acids is 4. The van der Waals surface area contributed by atoms with Gasteiger partial charge in [-0.25, -0.2) is 4.79 Å². The molecule has 11 rings (SSSR count). The third-order valence-corrected chi connectivity index (χ3v) is 20.8. The van der Waals surface area contributed by atoms with E-state index in [-0.39, 0.29) is 41.7 Å². The molecule has 0 aromatic rings. The van der Waals surface area contributed by atoms with Crippen LogP contribution in [0.1, 0.15) is 210 Å². The highest BCUT2D eigenvalue weighted by molar-refractivity contribution is 5.80. The van der Waals surface area contributed by atoms with Gasteiger partial charge in [0.05, 0.1) is 17.4 Å². The molecule has 0 aliphatic heterocycles. The second-order valence-corrected chi connectivity index (χ2v) is 26.4. The van der Waals surface area contributed by atoms with Gasteiger partial charge in [0, 0.05) is 36.0 Å². The fourth-order valence-corrected chi connectivity index (χ4v) is 17.2. The average Bonchev–Trinajstić information content (AvgIpc) is 3.82. The van der Waals surface area contributed by atoms with Crippen LogP contribution in [0.4, 0.5) is 0 Å². The fourth-order valence-electron chi connectivity index (χ4n) is 17.2. The normalized spacial score (nSPS) is 43.7. The van der Waals surface area contributed by atoms with Crippen LogP contribution in [0.5, 0.6) is 0 Å². The molecule has 0 spiro atoms. The van der Waals surface area contributed by atoms with Gasteiger partial charge in [0.15, 0.2) is 6.61 Å². The van der Waals surface area contributed by atoms with Gasteiger partial charge in [-0.15, -0.1) is 0 Å². The molecule has 11 aliphatic rings. The molecule has 0 radical (unpaired) electrons. The first kappa shape index (κ1) is 48.3. The highest BCUT2D eigenvalue weighted by atomic mass is 16.6. The molecule has 0 heterocycles. The average molecular weight is 891 g/mol. The number of fused-ring (bicyclic) bond motifs is 2. The molecule has 362 valence electrons. The lowest BCUT2D eigenvalue weighted by Crippen LogP contribution is -2.66. The molecule has 0 aromatic heterocycles. The maximum atomic E-state index is 13.3. The lowest BCUT2D eigenvalue weighted by molar-refractivity contribution is -0.248. The van der Waals surface area contributed by atoms with E-state index in [9.17, 15) is 19.2 Å². The summed E-state index contributed by atoms with van der Waals surface area (Å²) < 4.78 is 24.2. The molecule has 11 saturated carbocycles. The molecule has 8 unspecified atom stereocenters. The molecule has 8 nitrogen and oxygen atoms in total. The molecule has 11 fully saturated rings. The van der Waals surface area contributed by atoms with Crippen molar-refractivity contribution in [2.24, 2.45) is 92.7 Å². The van der Waals surface area contributed by atoms with Gasteiger partial charge in [0.2, 0.25) is 0 Å². The molecule has 0 amide bonds. The maximum absolute atomic E-state index is 13.3. The summed E-state index contributed by atoms with van der Waals surface area (Å²) in [5.74, 6) is 7.33. The van der Waals surface area contributed by atoms with E-state index in [0.29, 0.717) is 65.8 Å². The molecule has 64 heavy (non-hydrogen) atoms. The van der Waals surface area contributed by atoms with Crippen LogP contribution in [0.15, 0.2) is 0 Å². The first-order chi connectivity index (χ1) is 30.1. The zero-order chi connectivity index (χ0) is 46.0. The summed E-state index contributed by atoms with van der Waals surface area (Å²) in [7, 11) is 0. The third-order valence-electron chi connectivity index (χ3n) is 20.8. The molecule has 0 saturated heterocycles. The molecule has 0 aromatic carbocycles. The van der Waals surface area contributed by atoms with Crippen molar-refractivity contribution in [1.29, 1.82) is 0 Å². The second kappa shape index (κ2) is 18.1. The van der Waals surface area contributed by atoms with Crippen molar-refractivity contribution in [1.82, 2.24) is 0 Å². The van der Waals surface area contributed by atoms with Crippen molar-refractivity contribution in [3.05, 3.63) is 0 Å². The lowest BCUT2D eigenvalue weighted by Gasteiger charge is -2.66. The minimum absolute atomic E-state index is 0.00802. The first-order valence-electron chi connectivity index (χ1n) is 26.9. The molecule has 8 heteroatoms. The molecule has 11 aliphatic carbocycles. The molecular formula is C56H90O8. The van der Waals surface area contributed by atoms with E-state index < -0.39 is 10.8 Å². The molecule has 8 atom stereocenters. The standard InChI is InChI=1S/C30H48O4.C26H42O4/c1-6-28(3,4)27(32)33-10-8-7-9-26(31)34-30(25-15-21-14-22(25)11-19(21)2)23-12-20-13-24(30)18-29(5,16-20)17-23;1-6-24(3,4)23(28)29-16-22(27)30-26(19-9-7-17(2)8-10-19)20-11-18-12-21(26)15-25(5,13-18)14-20/h19-25H,6-18H2,1-5H3;17-21H,6-16H2,1-5H3. The van der Waals surface area contributed by atoms with Crippen LogP contribution in [0.3, 0.4) is 0 Å². The summed E-state index contributed by atoms with van der Waals surface area (Å²) in [5.41, 5.74) is -0.585. The highest BCUT2D eigenvalue weighted by Crippen LogP contribution is 2.71. The zero-order valence-corrected chi connectivity index (χ0v) is 42.2. The van der Waals surface area contributed by atoms with Gasteiger partial charge in [-0.3, -0.25) is 14.4 Å². The Hall–Kier alpha value is -2.12. The predicted molar refractivity (Wildman–Crippen MR) is 249 cm³/mol. The van der Waals surface area contributed by atoms with Crippen molar-refractivity contribution < 1.29 is 38.1 Å². The summed E-state index contributed by atoms with van der Waals surface area (Å²) in [5, 5.41) is 0. The summed E-state index contributed by atoms with van der Waals surface area (Å²) in [6.07, 6.45) is 24.9. The molecule has 10 bridgehead atoms. The van der Waals surface area contributed by atoms with Gasteiger partial charge >= 0.3 is 23.9 Å². The minimum atomic E-state index is -0.561. The van der Waals surface area contributed by atoms with Gasteiger partial charge in [0.25, 0.3) is 0 Å². The number of hydrogen-bond acceptors (Lipinski definition) is 8. The molecule has 0 N–H and O–H groups in total. The van der Waals surface area contributed by atoms with Crippen LogP contribution in [0, 0.1) is 92.7 Å². The quantitative estimate of drug-likeness (QED) is 0.0909. The Kier molecular flexibility index (Phi) is 13.7. The van der Waals surface area contributed by atoms with E-state index in [0.717, 1.165) is 54.8 Å². The van der Waals surface area contributed by atoms with Gasteiger partial charge in [0.1, 0.15) is 11.2 Å².